The highest BCUT2D eigenvalue weighted by molar-refractivity contribution is 5.74. The lowest BCUT2D eigenvalue weighted by Crippen LogP contribution is -2.49. The zero-order valence-corrected chi connectivity index (χ0v) is 16.3. The zero-order chi connectivity index (χ0) is 18.0. The van der Waals surface area contributed by atoms with E-state index in [9.17, 15) is 4.79 Å². The molecule has 2 heterocycles. The highest BCUT2D eigenvalue weighted by Crippen LogP contribution is 2.44. The predicted molar refractivity (Wildman–Crippen MR) is 105 cm³/mol. The van der Waals surface area contributed by atoms with Crippen LogP contribution in [0.2, 0.25) is 0 Å². The number of hydrogen-bond acceptors (Lipinski definition) is 2. The van der Waals surface area contributed by atoms with Crippen LogP contribution in [-0.4, -0.2) is 67.0 Å². The first kappa shape index (κ1) is 17.8. The molecule has 0 saturated carbocycles. The fraction of sp³-hybridized carbons (Fsp3) is 0.682. The minimum atomic E-state index is 0.229. The molecule has 2 aliphatic heterocycles. The monoisotopic (exact) mass is 355 g/mol. The first-order valence-corrected chi connectivity index (χ1v) is 10.4. The largest absolute Gasteiger partial charge is 0.326 e. The molecule has 0 bridgehead atoms. The van der Waals surface area contributed by atoms with Crippen LogP contribution in [-0.2, 0) is 12.8 Å². The average molecular weight is 356 g/mol. The van der Waals surface area contributed by atoms with Crippen LogP contribution < -0.4 is 0 Å². The van der Waals surface area contributed by atoms with Gasteiger partial charge in [-0.1, -0.05) is 30.7 Å². The van der Waals surface area contributed by atoms with Crippen LogP contribution >= 0.6 is 0 Å². The second-order valence-corrected chi connectivity index (χ2v) is 8.72. The number of nitrogens with zero attached hydrogens (tertiary/aromatic N) is 3. The van der Waals surface area contributed by atoms with Crippen LogP contribution in [0.15, 0.2) is 24.3 Å². The number of likely N-dealkylation sites (N-methyl/N-ethyl adjacent to an activating group) is 1. The Morgan fingerprint density at radius 2 is 1.62 bits per heavy atom. The number of fused-ring (bicyclic) bond motifs is 1. The topological polar surface area (TPSA) is 26.8 Å². The molecule has 1 aromatic rings. The fourth-order valence-electron chi connectivity index (χ4n) is 5.11. The van der Waals surface area contributed by atoms with Crippen molar-refractivity contribution in [3.05, 3.63) is 35.4 Å². The van der Waals surface area contributed by atoms with E-state index in [1.165, 1.54) is 56.3 Å². The number of carbonyl (C=O) groups is 1. The van der Waals surface area contributed by atoms with Crippen molar-refractivity contribution < 1.29 is 4.79 Å². The number of likely N-dealkylation sites (tertiary alicyclic amines) is 2. The number of urea groups is 1. The maximum Gasteiger partial charge on any atom is 0.319 e. The lowest BCUT2D eigenvalue weighted by molar-refractivity contribution is 0.102. The molecule has 4 nitrogen and oxygen atoms in total. The minimum Gasteiger partial charge on any atom is -0.326 e. The highest BCUT2D eigenvalue weighted by Gasteiger charge is 2.40. The third kappa shape index (κ3) is 3.75. The number of carbonyl (C=O) groups excluding carboxylic acids is 1. The van der Waals surface area contributed by atoms with E-state index >= 15 is 0 Å². The van der Waals surface area contributed by atoms with Crippen LogP contribution in [0.25, 0.3) is 0 Å². The van der Waals surface area contributed by atoms with Gasteiger partial charge < -0.3 is 14.7 Å². The van der Waals surface area contributed by atoms with Gasteiger partial charge in [-0.25, -0.2) is 4.79 Å². The van der Waals surface area contributed by atoms with Crippen LogP contribution in [0.1, 0.15) is 43.2 Å². The Labute approximate surface area is 158 Å². The summed E-state index contributed by atoms with van der Waals surface area (Å²) >= 11 is 0. The smallest absolute Gasteiger partial charge is 0.319 e. The van der Waals surface area contributed by atoms with E-state index in [0.717, 1.165) is 39.0 Å². The van der Waals surface area contributed by atoms with E-state index in [0.29, 0.717) is 5.41 Å². The summed E-state index contributed by atoms with van der Waals surface area (Å²) in [5.74, 6) is 0. The fourth-order valence-corrected chi connectivity index (χ4v) is 5.11. The number of piperidine rings is 2. The van der Waals surface area contributed by atoms with Gasteiger partial charge in [-0.2, -0.15) is 0 Å². The van der Waals surface area contributed by atoms with Crippen molar-refractivity contribution in [2.75, 3.05) is 46.3 Å². The maximum atomic E-state index is 12.8. The Hall–Kier alpha value is -1.55. The molecule has 0 N–H and O–H groups in total. The Kier molecular flexibility index (Phi) is 5.21. The van der Waals surface area contributed by atoms with Crippen LogP contribution in [0.3, 0.4) is 0 Å². The van der Waals surface area contributed by atoms with Crippen molar-refractivity contribution in [3.8, 4) is 0 Å². The molecular weight excluding hydrogens is 322 g/mol. The van der Waals surface area contributed by atoms with Crippen molar-refractivity contribution in [3.63, 3.8) is 0 Å². The van der Waals surface area contributed by atoms with Gasteiger partial charge in [0, 0.05) is 33.2 Å². The molecule has 1 aromatic carbocycles. The molecule has 142 valence electrons. The number of rotatable bonds is 3. The third-order valence-corrected chi connectivity index (χ3v) is 6.87. The Morgan fingerprint density at radius 1 is 1.00 bits per heavy atom. The van der Waals surface area contributed by atoms with Gasteiger partial charge >= 0.3 is 6.03 Å². The summed E-state index contributed by atoms with van der Waals surface area (Å²) in [6, 6.07) is 9.13. The van der Waals surface area contributed by atoms with Gasteiger partial charge in [0.2, 0.25) is 0 Å². The standard InChI is InChI=1S/C22H33N3O/c1-23(15-16-24-11-5-2-6-12-24)21(26)25-13-9-22(10-14-25)17-19-7-3-4-8-20(19)18-22/h3-4,7-8H,2,5-6,9-18H2,1H3. The summed E-state index contributed by atoms with van der Waals surface area (Å²) < 4.78 is 0. The summed E-state index contributed by atoms with van der Waals surface area (Å²) in [7, 11) is 1.97. The molecule has 0 radical (unpaired) electrons. The van der Waals surface area contributed by atoms with Crippen molar-refractivity contribution in [1.82, 2.24) is 14.7 Å². The number of amides is 2. The SMILES string of the molecule is CN(CCN1CCCCC1)C(=O)N1CCC2(CC1)Cc1ccccc1C2. The van der Waals surface area contributed by atoms with Crippen LogP contribution in [0, 0.1) is 5.41 Å². The molecule has 0 atom stereocenters. The summed E-state index contributed by atoms with van der Waals surface area (Å²) in [5.41, 5.74) is 3.48. The molecule has 3 aliphatic rings. The minimum absolute atomic E-state index is 0.229. The van der Waals surface area contributed by atoms with Crippen molar-refractivity contribution in [2.45, 2.75) is 44.9 Å². The summed E-state index contributed by atoms with van der Waals surface area (Å²) in [5, 5.41) is 0. The lowest BCUT2D eigenvalue weighted by atomic mass is 9.76. The van der Waals surface area contributed by atoms with Crippen molar-refractivity contribution in [1.29, 1.82) is 0 Å². The van der Waals surface area contributed by atoms with E-state index in [1.54, 1.807) is 0 Å². The predicted octanol–water partition coefficient (Wildman–Crippen LogP) is 3.41. The second-order valence-electron chi connectivity index (χ2n) is 8.72. The van der Waals surface area contributed by atoms with Crippen LogP contribution in [0.5, 0.6) is 0 Å². The third-order valence-electron chi connectivity index (χ3n) is 6.87. The van der Waals surface area contributed by atoms with E-state index in [-0.39, 0.29) is 6.03 Å². The normalized spacial score (nSPS) is 22.4. The van der Waals surface area contributed by atoms with Gasteiger partial charge in [-0.3, -0.25) is 0 Å². The second kappa shape index (κ2) is 7.59. The van der Waals surface area contributed by atoms with E-state index in [4.69, 9.17) is 0 Å². The quantitative estimate of drug-likeness (QED) is 0.831. The highest BCUT2D eigenvalue weighted by atomic mass is 16.2. The molecule has 1 spiro atoms. The molecule has 4 heteroatoms. The zero-order valence-electron chi connectivity index (χ0n) is 16.3. The van der Waals surface area contributed by atoms with Gasteiger partial charge in [-0.15, -0.1) is 0 Å². The molecule has 2 fully saturated rings. The molecule has 26 heavy (non-hydrogen) atoms. The molecule has 4 rings (SSSR count). The summed E-state index contributed by atoms with van der Waals surface area (Å²) in [4.78, 5) is 19.4. The average Bonchev–Trinajstić information content (AvgIpc) is 3.04. The molecule has 0 aromatic heterocycles. The molecule has 2 saturated heterocycles. The molecular formula is C22H33N3O. The first-order valence-electron chi connectivity index (χ1n) is 10.4. The van der Waals surface area contributed by atoms with Gasteiger partial charge in [0.05, 0.1) is 0 Å². The van der Waals surface area contributed by atoms with Gasteiger partial charge in [-0.05, 0) is 68.2 Å². The molecule has 2 amide bonds. The van der Waals surface area contributed by atoms with Gasteiger partial charge in [0.15, 0.2) is 0 Å². The van der Waals surface area contributed by atoms with Crippen molar-refractivity contribution in [2.24, 2.45) is 5.41 Å². The van der Waals surface area contributed by atoms with Crippen LogP contribution in [0.4, 0.5) is 4.79 Å². The Bertz CT molecular complexity index is 603. The summed E-state index contributed by atoms with van der Waals surface area (Å²) in [6.45, 7) is 6.12. The lowest BCUT2D eigenvalue weighted by Gasteiger charge is -2.41. The number of hydrogen-bond donors (Lipinski definition) is 0. The Balaban J connectivity index is 1.26. The molecule has 1 aliphatic carbocycles. The van der Waals surface area contributed by atoms with E-state index in [1.807, 2.05) is 11.9 Å². The van der Waals surface area contributed by atoms with Gasteiger partial charge in [0.1, 0.15) is 0 Å². The maximum absolute atomic E-state index is 12.8. The first-order chi connectivity index (χ1) is 12.7. The number of benzene rings is 1. The van der Waals surface area contributed by atoms with Crippen molar-refractivity contribution >= 4 is 6.03 Å². The summed E-state index contributed by atoms with van der Waals surface area (Å²) in [6.07, 6.45) is 8.69. The van der Waals surface area contributed by atoms with E-state index in [2.05, 4.69) is 34.1 Å². The molecule has 0 unspecified atom stereocenters. The van der Waals surface area contributed by atoms with Gasteiger partial charge in [0.25, 0.3) is 0 Å². The Morgan fingerprint density at radius 3 is 2.23 bits per heavy atom. The van der Waals surface area contributed by atoms with E-state index < -0.39 is 0 Å².